The number of ether oxygens (including phenoxy) is 2. The number of nitrogens with one attached hydrogen (secondary N) is 1. The Bertz CT molecular complexity index is 1430. The van der Waals surface area contributed by atoms with Gasteiger partial charge in [0, 0.05) is 28.7 Å². The first-order chi connectivity index (χ1) is 16.7. The molecule has 0 fully saturated rings. The lowest BCUT2D eigenvalue weighted by Gasteiger charge is -2.11. The molecule has 5 rings (SSSR count). The van der Waals surface area contributed by atoms with E-state index in [0.29, 0.717) is 16.7 Å². The number of carbonyl (C=O) groups is 1. The van der Waals surface area contributed by atoms with E-state index >= 15 is 0 Å². The van der Waals surface area contributed by atoms with Crippen molar-refractivity contribution in [3.05, 3.63) is 90.6 Å². The van der Waals surface area contributed by atoms with Crippen LogP contribution in [0.3, 0.4) is 0 Å². The SMILES string of the molecule is COc1cccc(-n2c(SCC(=O)OCc3ccccc3)nnc2-c2c[nH]c3ccccc23)c1. The molecular weight excluding hydrogens is 448 g/mol. The van der Waals surface area contributed by atoms with Gasteiger partial charge >= 0.3 is 5.97 Å². The molecule has 0 aliphatic rings. The zero-order valence-corrected chi connectivity index (χ0v) is 19.3. The van der Waals surface area contributed by atoms with E-state index in [4.69, 9.17) is 9.47 Å². The fourth-order valence-corrected chi connectivity index (χ4v) is 4.43. The zero-order valence-electron chi connectivity index (χ0n) is 18.5. The van der Waals surface area contributed by atoms with E-state index in [2.05, 4.69) is 15.2 Å². The van der Waals surface area contributed by atoms with E-state index in [1.807, 2.05) is 89.6 Å². The molecule has 0 saturated heterocycles. The summed E-state index contributed by atoms with van der Waals surface area (Å²) in [6.45, 7) is 0.239. The summed E-state index contributed by atoms with van der Waals surface area (Å²) >= 11 is 1.29. The largest absolute Gasteiger partial charge is 0.497 e. The minimum Gasteiger partial charge on any atom is -0.497 e. The number of carbonyl (C=O) groups excluding carboxylic acids is 1. The van der Waals surface area contributed by atoms with Gasteiger partial charge in [0.05, 0.1) is 18.6 Å². The van der Waals surface area contributed by atoms with Crippen molar-refractivity contribution >= 4 is 28.6 Å². The average Bonchev–Trinajstić information content (AvgIpc) is 3.51. The van der Waals surface area contributed by atoms with Gasteiger partial charge in [0.25, 0.3) is 0 Å². The number of fused-ring (bicyclic) bond motifs is 1. The maximum Gasteiger partial charge on any atom is 0.316 e. The van der Waals surface area contributed by atoms with Crippen LogP contribution in [0, 0.1) is 0 Å². The summed E-state index contributed by atoms with van der Waals surface area (Å²) in [5.74, 6) is 1.19. The van der Waals surface area contributed by atoms with Gasteiger partial charge in [-0.2, -0.15) is 0 Å². The number of benzene rings is 3. The van der Waals surface area contributed by atoms with Crippen molar-refractivity contribution in [2.45, 2.75) is 11.8 Å². The molecule has 1 N–H and O–H groups in total. The lowest BCUT2D eigenvalue weighted by molar-refractivity contribution is -0.141. The number of para-hydroxylation sites is 1. The zero-order chi connectivity index (χ0) is 23.3. The number of rotatable bonds is 8. The highest BCUT2D eigenvalue weighted by Gasteiger charge is 2.20. The first-order valence-electron chi connectivity index (χ1n) is 10.7. The molecule has 2 heterocycles. The van der Waals surface area contributed by atoms with E-state index in [1.165, 1.54) is 11.8 Å². The first-order valence-corrected chi connectivity index (χ1v) is 11.7. The standard InChI is InChI=1S/C26H22N4O3S/c1-32-20-11-7-10-19(14-20)30-25(22-15-27-23-13-6-5-12-21(22)23)28-29-26(30)34-17-24(31)33-16-18-8-3-2-4-9-18/h2-15,27H,16-17H2,1H3. The van der Waals surface area contributed by atoms with Gasteiger partial charge < -0.3 is 14.5 Å². The number of hydrogen-bond acceptors (Lipinski definition) is 6. The van der Waals surface area contributed by atoms with Crippen LogP contribution in [0.2, 0.25) is 0 Å². The Hall–Kier alpha value is -4.04. The van der Waals surface area contributed by atoms with Crippen LogP contribution in [-0.2, 0) is 16.1 Å². The second kappa shape index (κ2) is 9.84. The molecule has 0 radical (unpaired) electrons. The Morgan fingerprint density at radius 1 is 1.00 bits per heavy atom. The smallest absolute Gasteiger partial charge is 0.316 e. The number of aromatic nitrogens is 4. The minimum atomic E-state index is -0.317. The Morgan fingerprint density at radius 2 is 1.82 bits per heavy atom. The third kappa shape index (κ3) is 4.53. The molecule has 0 amide bonds. The molecule has 8 heteroatoms. The topological polar surface area (TPSA) is 82.0 Å². The van der Waals surface area contributed by atoms with E-state index in [-0.39, 0.29) is 18.3 Å². The van der Waals surface area contributed by atoms with Crippen molar-refractivity contribution in [2.24, 2.45) is 0 Å². The van der Waals surface area contributed by atoms with Crippen LogP contribution in [0.25, 0.3) is 28.0 Å². The molecule has 0 unspecified atom stereocenters. The van der Waals surface area contributed by atoms with Crippen LogP contribution in [-0.4, -0.2) is 38.6 Å². The number of esters is 1. The van der Waals surface area contributed by atoms with Crippen molar-refractivity contribution < 1.29 is 14.3 Å². The summed E-state index contributed by atoms with van der Waals surface area (Å²) in [6, 6.07) is 25.3. The van der Waals surface area contributed by atoms with Crippen molar-refractivity contribution in [1.82, 2.24) is 19.7 Å². The molecule has 34 heavy (non-hydrogen) atoms. The summed E-state index contributed by atoms with van der Waals surface area (Å²) in [4.78, 5) is 15.7. The number of thioether (sulfide) groups is 1. The first kappa shape index (κ1) is 21.8. The fourth-order valence-electron chi connectivity index (χ4n) is 3.68. The van der Waals surface area contributed by atoms with Gasteiger partial charge in [-0.25, -0.2) is 0 Å². The molecule has 2 aromatic heterocycles. The molecule has 0 atom stereocenters. The van der Waals surface area contributed by atoms with Crippen LogP contribution in [0.5, 0.6) is 5.75 Å². The van der Waals surface area contributed by atoms with Gasteiger partial charge in [-0.3, -0.25) is 9.36 Å². The fraction of sp³-hybridized carbons (Fsp3) is 0.115. The lowest BCUT2D eigenvalue weighted by atomic mass is 10.1. The molecule has 3 aromatic carbocycles. The van der Waals surface area contributed by atoms with Crippen molar-refractivity contribution in [3.8, 4) is 22.8 Å². The predicted octanol–water partition coefficient (Wildman–Crippen LogP) is 5.26. The molecule has 0 spiro atoms. The van der Waals surface area contributed by atoms with Gasteiger partial charge in [-0.05, 0) is 23.8 Å². The molecule has 170 valence electrons. The van der Waals surface area contributed by atoms with Crippen LogP contribution >= 0.6 is 11.8 Å². The molecule has 0 bridgehead atoms. The quantitative estimate of drug-likeness (QED) is 0.246. The maximum atomic E-state index is 12.4. The molecule has 0 aliphatic heterocycles. The van der Waals surface area contributed by atoms with E-state index in [1.54, 1.807) is 7.11 Å². The molecule has 5 aromatic rings. The molecule has 7 nitrogen and oxygen atoms in total. The highest BCUT2D eigenvalue weighted by Crippen LogP contribution is 2.33. The Balaban J connectivity index is 1.44. The minimum absolute atomic E-state index is 0.114. The van der Waals surface area contributed by atoms with Gasteiger partial charge in [0.2, 0.25) is 0 Å². The summed E-state index contributed by atoms with van der Waals surface area (Å²) in [6.07, 6.45) is 1.92. The number of hydrogen-bond donors (Lipinski definition) is 1. The van der Waals surface area contributed by atoms with Crippen LogP contribution in [0.15, 0.2) is 90.2 Å². The number of aromatic amines is 1. The highest BCUT2D eigenvalue weighted by atomic mass is 32.2. The second-order valence-electron chi connectivity index (χ2n) is 7.53. The molecule has 0 aliphatic carbocycles. The van der Waals surface area contributed by atoms with Crippen molar-refractivity contribution in [3.63, 3.8) is 0 Å². The summed E-state index contributed by atoms with van der Waals surface area (Å²) in [5.41, 5.74) is 3.72. The third-order valence-electron chi connectivity index (χ3n) is 5.34. The van der Waals surface area contributed by atoms with Crippen molar-refractivity contribution in [2.75, 3.05) is 12.9 Å². The van der Waals surface area contributed by atoms with Gasteiger partial charge in [0.15, 0.2) is 11.0 Å². The molecule has 0 saturated carbocycles. The van der Waals surface area contributed by atoms with Gasteiger partial charge in [0.1, 0.15) is 12.4 Å². The monoisotopic (exact) mass is 470 g/mol. The second-order valence-corrected chi connectivity index (χ2v) is 8.47. The van der Waals surface area contributed by atoms with Crippen molar-refractivity contribution in [1.29, 1.82) is 0 Å². The number of H-pyrrole nitrogens is 1. The van der Waals surface area contributed by atoms with E-state index in [9.17, 15) is 4.79 Å². The Morgan fingerprint density at radius 3 is 2.68 bits per heavy atom. The van der Waals surface area contributed by atoms with E-state index in [0.717, 1.165) is 27.7 Å². The number of methoxy groups -OCH3 is 1. The van der Waals surface area contributed by atoms with Gasteiger partial charge in [-0.15, -0.1) is 10.2 Å². The predicted molar refractivity (Wildman–Crippen MR) is 132 cm³/mol. The Kier molecular flexibility index (Phi) is 6.31. The third-order valence-corrected chi connectivity index (χ3v) is 6.24. The van der Waals surface area contributed by atoms with Crippen LogP contribution in [0.1, 0.15) is 5.56 Å². The maximum absolute atomic E-state index is 12.4. The highest BCUT2D eigenvalue weighted by molar-refractivity contribution is 7.99. The van der Waals surface area contributed by atoms with Crippen LogP contribution in [0.4, 0.5) is 0 Å². The lowest BCUT2D eigenvalue weighted by Crippen LogP contribution is -2.08. The van der Waals surface area contributed by atoms with Gasteiger partial charge in [-0.1, -0.05) is 66.4 Å². The summed E-state index contributed by atoms with van der Waals surface area (Å²) in [7, 11) is 1.63. The Labute approximate surface area is 200 Å². The van der Waals surface area contributed by atoms with E-state index < -0.39 is 0 Å². The summed E-state index contributed by atoms with van der Waals surface area (Å²) < 4.78 is 12.8. The normalized spacial score (nSPS) is 11.0. The van der Waals surface area contributed by atoms with Crippen LogP contribution < -0.4 is 4.74 Å². The number of nitrogens with zero attached hydrogens (tertiary/aromatic N) is 3. The summed E-state index contributed by atoms with van der Waals surface area (Å²) in [5, 5.41) is 10.5. The molecular formula is C26H22N4O3S. The average molecular weight is 471 g/mol.